The number of phenols is 1. The Labute approximate surface area is 130 Å². The highest BCUT2D eigenvalue weighted by Crippen LogP contribution is 2.37. The van der Waals surface area contributed by atoms with Gasteiger partial charge in [0.25, 0.3) is 5.69 Å². The number of nitrogens with two attached hydrogens (primary N) is 1. The summed E-state index contributed by atoms with van der Waals surface area (Å²) in [6, 6.07) is 14.3. The second-order valence-electron chi connectivity index (χ2n) is 4.82. The second-order valence-corrected chi connectivity index (χ2v) is 4.82. The van der Waals surface area contributed by atoms with E-state index in [1.807, 2.05) is 0 Å². The van der Waals surface area contributed by atoms with Crippen molar-refractivity contribution in [2.75, 3.05) is 5.73 Å². The van der Waals surface area contributed by atoms with E-state index >= 15 is 0 Å². The van der Waals surface area contributed by atoms with Crippen molar-refractivity contribution in [1.82, 2.24) is 0 Å². The molecule has 0 spiro atoms. The Morgan fingerprint density at radius 3 is 2.48 bits per heavy atom. The summed E-state index contributed by atoms with van der Waals surface area (Å²) in [4.78, 5) is 10.5. The Morgan fingerprint density at radius 1 is 0.957 bits per heavy atom. The SMILES string of the molecule is Nc1ccc(N=Nc2ccccc2[N+](=O)[O-])c2cccc(O)c12. The van der Waals surface area contributed by atoms with Gasteiger partial charge in [-0.2, -0.15) is 0 Å². The number of phenolic OH excluding ortho intramolecular Hbond substituents is 1. The summed E-state index contributed by atoms with van der Waals surface area (Å²) >= 11 is 0. The minimum absolute atomic E-state index is 0.0442. The Hall–Kier alpha value is -3.48. The molecule has 7 nitrogen and oxygen atoms in total. The molecule has 0 aromatic heterocycles. The van der Waals surface area contributed by atoms with Crippen LogP contribution in [-0.2, 0) is 0 Å². The number of aromatic hydroxyl groups is 1. The highest BCUT2D eigenvalue weighted by Gasteiger charge is 2.12. The summed E-state index contributed by atoms with van der Waals surface area (Å²) in [5, 5.41) is 30.1. The first-order valence-electron chi connectivity index (χ1n) is 6.73. The molecule has 3 aromatic rings. The van der Waals surface area contributed by atoms with Crippen LogP contribution in [-0.4, -0.2) is 10.0 Å². The third-order valence-corrected chi connectivity index (χ3v) is 3.37. The molecule has 23 heavy (non-hydrogen) atoms. The average Bonchev–Trinajstić information content (AvgIpc) is 2.54. The van der Waals surface area contributed by atoms with E-state index in [0.29, 0.717) is 22.1 Å². The Morgan fingerprint density at radius 2 is 1.70 bits per heavy atom. The van der Waals surface area contributed by atoms with Gasteiger partial charge in [-0.1, -0.05) is 24.3 Å². The molecule has 3 N–H and O–H groups in total. The van der Waals surface area contributed by atoms with Gasteiger partial charge in [0.05, 0.1) is 10.6 Å². The first kappa shape index (κ1) is 14.5. The number of nitro groups is 1. The standard InChI is InChI=1S/C16H12N4O3/c17-11-8-9-12(10-4-3-7-15(21)16(10)11)18-19-13-5-1-2-6-14(13)20(22)23/h1-9,21H,17H2. The topological polar surface area (TPSA) is 114 Å². The number of nitrogens with zero attached hydrogens (tertiary/aromatic N) is 3. The van der Waals surface area contributed by atoms with Gasteiger partial charge in [-0.25, -0.2) is 0 Å². The summed E-state index contributed by atoms with van der Waals surface area (Å²) in [5.41, 5.74) is 6.79. The first-order valence-corrected chi connectivity index (χ1v) is 6.73. The molecule has 0 saturated carbocycles. The maximum atomic E-state index is 11.0. The lowest BCUT2D eigenvalue weighted by atomic mass is 10.1. The van der Waals surface area contributed by atoms with Gasteiger partial charge < -0.3 is 10.8 Å². The van der Waals surface area contributed by atoms with Crippen molar-refractivity contribution in [3.05, 3.63) is 64.7 Å². The summed E-state index contributed by atoms with van der Waals surface area (Å²) < 4.78 is 0. The van der Waals surface area contributed by atoms with Crippen LogP contribution in [0, 0.1) is 10.1 Å². The van der Waals surface area contributed by atoms with Crippen LogP contribution in [0.1, 0.15) is 0 Å². The van der Waals surface area contributed by atoms with Gasteiger partial charge in [-0.3, -0.25) is 10.1 Å². The largest absolute Gasteiger partial charge is 0.507 e. The Balaban J connectivity index is 2.11. The van der Waals surface area contributed by atoms with Crippen molar-refractivity contribution >= 4 is 33.5 Å². The normalized spacial score (nSPS) is 11.1. The molecule has 0 heterocycles. The lowest BCUT2D eigenvalue weighted by Gasteiger charge is -2.06. The van der Waals surface area contributed by atoms with E-state index in [1.54, 1.807) is 36.4 Å². The number of nitrogen functional groups attached to an aromatic ring is 1. The van der Waals surface area contributed by atoms with Crippen LogP contribution in [0.5, 0.6) is 5.75 Å². The van der Waals surface area contributed by atoms with Gasteiger partial charge >= 0.3 is 0 Å². The van der Waals surface area contributed by atoms with Crippen LogP contribution in [0.2, 0.25) is 0 Å². The summed E-state index contributed by atoms with van der Waals surface area (Å²) in [6.45, 7) is 0. The van der Waals surface area contributed by atoms with Gasteiger partial charge in [0.1, 0.15) is 5.75 Å². The van der Waals surface area contributed by atoms with E-state index < -0.39 is 4.92 Å². The number of benzene rings is 3. The fraction of sp³-hybridized carbons (Fsp3) is 0. The number of para-hydroxylation sites is 1. The Bertz CT molecular complexity index is 930. The molecule has 0 fully saturated rings. The van der Waals surface area contributed by atoms with Gasteiger partial charge in [0, 0.05) is 22.5 Å². The molecule has 0 saturated heterocycles. The molecule has 0 amide bonds. The predicted molar refractivity (Wildman–Crippen MR) is 87.3 cm³/mol. The quantitative estimate of drug-likeness (QED) is 0.322. The minimum Gasteiger partial charge on any atom is -0.507 e. The molecule has 3 rings (SSSR count). The number of hydrogen-bond donors (Lipinski definition) is 2. The molecule has 7 heteroatoms. The zero-order valence-electron chi connectivity index (χ0n) is 11.9. The van der Waals surface area contributed by atoms with E-state index in [4.69, 9.17) is 5.73 Å². The van der Waals surface area contributed by atoms with E-state index in [2.05, 4.69) is 10.2 Å². The molecule has 0 aliphatic heterocycles. The monoisotopic (exact) mass is 308 g/mol. The van der Waals surface area contributed by atoms with Crippen LogP contribution >= 0.6 is 0 Å². The Kier molecular flexibility index (Phi) is 3.60. The van der Waals surface area contributed by atoms with Gasteiger partial charge in [-0.05, 0) is 24.3 Å². The van der Waals surface area contributed by atoms with Gasteiger partial charge in [0.15, 0.2) is 5.69 Å². The van der Waals surface area contributed by atoms with Gasteiger partial charge in [0.2, 0.25) is 0 Å². The van der Waals surface area contributed by atoms with Crippen LogP contribution in [0.15, 0.2) is 64.8 Å². The smallest absolute Gasteiger partial charge is 0.296 e. The third-order valence-electron chi connectivity index (χ3n) is 3.37. The predicted octanol–water partition coefficient (Wildman–Crippen LogP) is 4.45. The minimum atomic E-state index is -0.513. The molecule has 0 unspecified atom stereocenters. The van der Waals surface area contributed by atoms with E-state index in [-0.39, 0.29) is 17.1 Å². The van der Waals surface area contributed by atoms with Crippen molar-refractivity contribution in [1.29, 1.82) is 0 Å². The molecule has 3 aromatic carbocycles. The molecular formula is C16H12N4O3. The van der Waals surface area contributed by atoms with Crippen LogP contribution in [0.4, 0.5) is 22.7 Å². The molecular weight excluding hydrogens is 296 g/mol. The first-order chi connectivity index (χ1) is 11.1. The zero-order chi connectivity index (χ0) is 16.4. The molecule has 0 atom stereocenters. The van der Waals surface area contributed by atoms with E-state index in [9.17, 15) is 15.2 Å². The number of rotatable bonds is 3. The van der Waals surface area contributed by atoms with Gasteiger partial charge in [-0.15, -0.1) is 10.2 Å². The van der Waals surface area contributed by atoms with Crippen molar-refractivity contribution in [2.45, 2.75) is 0 Å². The van der Waals surface area contributed by atoms with E-state index in [1.165, 1.54) is 18.2 Å². The molecule has 0 radical (unpaired) electrons. The molecule has 114 valence electrons. The third kappa shape index (κ3) is 2.67. The van der Waals surface area contributed by atoms with Crippen LogP contribution in [0.3, 0.4) is 0 Å². The zero-order valence-corrected chi connectivity index (χ0v) is 11.9. The highest BCUT2D eigenvalue weighted by molar-refractivity contribution is 6.03. The molecule has 0 bridgehead atoms. The van der Waals surface area contributed by atoms with E-state index in [0.717, 1.165) is 0 Å². The summed E-state index contributed by atoms with van der Waals surface area (Å²) in [7, 11) is 0. The number of fused-ring (bicyclic) bond motifs is 1. The average molecular weight is 308 g/mol. The summed E-state index contributed by atoms with van der Waals surface area (Å²) in [5.74, 6) is 0.0442. The fourth-order valence-corrected chi connectivity index (χ4v) is 2.30. The van der Waals surface area contributed by atoms with Crippen LogP contribution < -0.4 is 5.73 Å². The number of hydrogen-bond acceptors (Lipinski definition) is 6. The number of anilines is 1. The number of nitro benzene ring substituents is 1. The van der Waals surface area contributed by atoms with Crippen molar-refractivity contribution in [3.8, 4) is 5.75 Å². The lowest BCUT2D eigenvalue weighted by molar-refractivity contribution is -0.384. The fourth-order valence-electron chi connectivity index (χ4n) is 2.30. The summed E-state index contributed by atoms with van der Waals surface area (Å²) in [6.07, 6.45) is 0. The van der Waals surface area contributed by atoms with Crippen molar-refractivity contribution in [3.63, 3.8) is 0 Å². The molecule has 0 aliphatic carbocycles. The second kappa shape index (κ2) is 5.72. The maximum Gasteiger partial charge on any atom is 0.296 e. The maximum absolute atomic E-state index is 11.0. The number of azo groups is 1. The lowest BCUT2D eigenvalue weighted by Crippen LogP contribution is -1.88. The van der Waals surface area contributed by atoms with Crippen molar-refractivity contribution in [2.24, 2.45) is 10.2 Å². The highest BCUT2D eigenvalue weighted by atomic mass is 16.6. The molecule has 0 aliphatic rings. The van der Waals surface area contributed by atoms with Crippen LogP contribution in [0.25, 0.3) is 10.8 Å². The van der Waals surface area contributed by atoms with Crippen molar-refractivity contribution < 1.29 is 10.0 Å².